The van der Waals surface area contributed by atoms with Crippen molar-refractivity contribution in [1.29, 1.82) is 0 Å². The van der Waals surface area contributed by atoms with E-state index >= 15 is 0 Å². The molecule has 1 aromatic heterocycles. The fraction of sp³-hybridized carbons (Fsp3) is 0.182. The van der Waals surface area contributed by atoms with Gasteiger partial charge in [0.15, 0.2) is 0 Å². The third-order valence-electron chi connectivity index (χ3n) is 2.62. The van der Waals surface area contributed by atoms with Crippen molar-refractivity contribution in [3.63, 3.8) is 0 Å². The Hall–Kier alpha value is -0.733. The minimum atomic E-state index is -4.80. The molecule has 2 rings (SSSR count). The Bertz CT molecular complexity index is 989. The standard InChI is InChI=1S/C11H11Cl2N3O5S2.Li/c1-6-3-11(15-22(2,17)18)16(14-6)9-4-8(13)10(5-7(9)12)23(19,20)21;/h3-5,15H,1-2H3,(H,19,20,21);/q;+1/p-1. The number of nitrogens with zero attached hydrogens (tertiary/aromatic N) is 2. The first-order valence-electron chi connectivity index (χ1n) is 5.88. The number of sulfonamides is 1. The zero-order valence-electron chi connectivity index (χ0n) is 12.7. The topological polar surface area (TPSA) is 121 Å². The summed E-state index contributed by atoms with van der Waals surface area (Å²) in [6.07, 6.45) is 0.960. The van der Waals surface area contributed by atoms with E-state index in [0.717, 1.165) is 23.1 Å². The van der Waals surface area contributed by atoms with Gasteiger partial charge in [-0.2, -0.15) is 5.10 Å². The summed E-state index contributed by atoms with van der Waals surface area (Å²) in [6.45, 7) is 1.62. The van der Waals surface area contributed by atoms with Gasteiger partial charge in [-0.15, -0.1) is 0 Å². The first-order valence-corrected chi connectivity index (χ1v) is 9.94. The van der Waals surface area contributed by atoms with Crippen molar-refractivity contribution in [3.05, 3.63) is 33.9 Å². The third kappa shape index (κ3) is 4.89. The zero-order chi connectivity index (χ0) is 17.6. The number of benzene rings is 1. The monoisotopic (exact) mass is 405 g/mol. The Morgan fingerprint density at radius 3 is 2.21 bits per heavy atom. The van der Waals surface area contributed by atoms with Crippen LogP contribution in [0.25, 0.3) is 5.69 Å². The van der Waals surface area contributed by atoms with Gasteiger partial charge in [0.1, 0.15) is 15.9 Å². The molecule has 0 unspecified atom stereocenters. The van der Waals surface area contributed by atoms with E-state index in [-0.39, 0.29) is 40.4 Å². The Kier molecular flexibility index (Phi) is 6.44. The molecular formula is C11H10Cl2LiN3O5S2. The molecular weight excluding hydrogens is 396 g/mol. The number of hydrogen-bond acceptors (Lipinski definition) is 6. The summed E-state index contributed by atoms with van der Waals surface area (Å²) in [4.78, 5) is -0.672. The van der Waals surface area contributed by atoms with Crippen LogP contribution in [0.15, 0.2) is 23.1 Å². The number of aryl methyl sites for hydroxylation is 1. The molecule has 0 bridgehead atoms. The van der Waals surface area contributed by atoms with Gasteiger partial charge >= 0.3 is 18.9 Å². The van der Waals surface area contributed by atoms with Crippen LogP contribution >= 0.6 is 23.2 Å². The molecule has 1 N–H and O–H groups in total. The van der Waals surface area contributed by atoms with Crippen molar-refractivity contribution in [3.8, 4) is 5.69 Å². The van der Waals surface area contributed by atoms with Crippen molar-refractivity contribution in [2.75, 3.05) is 11.0 Å². The molecule has 8 nitrogen and oxygen atoms in total. The summed E-state index contributed by atoms with van der Waals surface area (Å²) in [5, 5.41) is 3.59. The maximum atomic E-state index is 11.4. The molecule has 0 aliphatic rings. The summed E-state index contributed by atoms with van der Waals surface area (Å²) >= 11 is 11.8. The van der Waals surface area contributed by atoms with Crippen LogP contribution in [-0.4, -0.2) is 37.4 Å². The minimum Gasteiger partial charge on any atom is -0.744 e. The smallest absolute Gasteiger partial charge is 0.744 e. The van der Waals surface area contributed by atoms with E-state index in [9.17, 15) is 21.4 Å². The van der Waals surface area contributed by atoms with E-state index in [1.54, 1.807) is 6.92 Å². The number of aromatic nitrogens is 2. The predicted molar refractivity (Wildman–Crippen MR) is 84.8 cm³/mol. The van der Waals surface area contributed by atoms with Crippen molar-refractivity contribution >= 4 is 49.2 Å². The molecule has 126 valence electrons. The molecule has 24 heavy (non-hydrogen) atoms. The van der Waals surface area contributed by atoms with Crippen molar-refractivity contribution < 1.29 is 40.2 Å². The molecule has 0 amide bonds. The van der Waals surface area contributed by atoms with Gasteiger partial charge in [-0.05, 0) is 19.1 Å². The van der Waals surface area contributed by atoms with Crippen LogP contribution in [0.3, 0.4) is 0 Å². The Morgan fingerprint density at radius 2 is 1.71 bits per heavy atom. The predicted octanol–water partition coefficient (Wildman–Crippen LogP) is -1.23. The van der Waals surface area contributed by atoms with Crippen LogP contribution < -0.4 is 23.6 Å². The largest absolute Gasteiger partial charge is 1.00 e. The molecule has 0 atom stereocenters. The molecule has 0 aliphatic heterocycles. The van der Waals surface area contributed by atoms with E-state index in [1.807, 2.05) is 0 Å². The van der Waals surface area contributed by atoms with E-state index in [4.69, 9.17) is 23.2 Å². The summed E-state index contributed by atoms with van der Waals surface area (Å²) in [5.74, 6) is 0.0840. The molecule has 0 radical (unpaired) electrons. The van der Waals surface area contributed by atoms with Gasteiger partial charge in [0, 0.05) is 6.07 Å². The van der Waals surface area contributed by atoms with Crippen LogP contribution in [0.5, 0.6) is 0 Å². The Balaban J connectivity index is 0.00000288. The Morgan fingerprint density at radius 1 is 1.12 bits per heavy atom. The molecule has 1 aromatic carbocycles. The van der Waals surface area contributed by atoms with Crippen LogP contribution in [-0.2, 0) is 20.1 Å². The van der Waals surface area contributed by atoms with Gasteiger partial charge in [-0.25, -0.2) is 21.5 Å². The maximum Gasteiger partial charge on any atom is 1.00 e. The van der Waals surface area contributed by atoms with Crippen molar-refractivity contribution in [1.82, 2.24) is 9.78 Å². The normalized spacial score (nSPS) is 11.9. The number of anilines is 1. The second-order valence-electron chi connectivity index (χ2n) is 4.65. The average molecular weight is 406 g/mol. The second kappa shape index (κ2) is 7.25. The quantitative estimate of drug-likeness (QED) is 0.501. The van der Waals surface area contributed by atoms with Gasteiger partial charge in [0.25, 0.3) is 0 Å². The van der Waals surface area contributed by atoms with Gasteiger partial charge in [-0.1, -0.05) is 23.2 Å². The summed E-state index contributed by atoms with van der Waals surface area (Å²) < 4.78 is 59.5. The second-order valence-corrected chi connectivity index (χ2v) is 8.56. The number of nitrogens with one attached hydrogen (secondary N) is 1. The van der Waals surface area contributed by atoms with E-state index in [1.165, 1.54) is 6.07 Å². The SMILES string of the molecule is Cc1cc(NS(C)(=O)=O)n(-c2cc(Cl)c(S(=O)(=O)[O-])cc2Cl)n1.[Li+]. The molecule has 0 saturated carbocycles. The summed E-state index contributed by atoms with van der Waals surface area (Å²) in [7, 11) is -8.38. The molecule has 13 heteroatoms. The third-order valence-corrected chi connectivity index (χ3v) is 4.80. The molecule has 0 aliphatic carbocycles. The van der Waals surface area contributed by atoms with Gasteiger partial charge < -0.3 is 4.55 Å². The number of rotatable bonds is 4. The first kappa shape index (κ1) is 21.3. The summed E-state index contributed by atoms with van der Waals surface area (Å²) in [6, 6.07) is 3.46. The molecule has 0 spiro atoms. The van der Waals surface area contributed by atoms with Crippen molar-refractivity contribution in [2.45, 2.75) is 11.8 Å². The van der Waals surface area contributed by atoms with Crippen molar-refractivity contribution in [2.24, 2.45) is 0 Å². The number of halogens is 2. The fourth-order valence-corrected chi connectivity index (χ4v) is 3.65. The molecule has 0 saturated heterocycles. The molecule has 1 heterocycles. The maximum absolute atomic E-state index is 11.4. The van der Waals surface area contributed by atoms with Crippen LogP contribution in [0.1, 0.15) is 5.69 Å². The number of hydrogen-bond donors (Lipinski definition) is 1. The van der Waals surface area contributed by atoms with E-state index in [0.29, 0.717) is 5.69 Å². The first-order chi connectivity index (χ1) is 10.4. The van der Waals surface area contributed by atoms with E-state index < -0.39 is 25.0 Å². The van der Waals surface area contributed by atoms with Gasteiger partial charge in [-0.3, -0.25) is 4.72 Å². The Labute approximate surface area is 161 Å². The molecule has 2 aromatic rings. The summed E-state index contributed by atoms with van der Waals surface area (Å²) in [5.41, 5.74) is 0.590. The fourth-order valence-electron chi connectivity index (χ4n) is 1.82. The van der Waals surface area contributed by atoms with E-state index in [2.05, 4.69) is 9.82 Å². The van der Waals surface area contributed by atoms with Crippen LogP contribution in [0.4, 0.5) is 5.82 Å². The van der Waals surface area contributed by atoms with Crippen LogP contribution in [0, 0.1) is 6.92 Å². The average Bonchev–Trinajstić information content (AvgIpc) is 2.68. The van der Waals surface area contributed by atoms with Gasteiger partial charge in [0.2, 0.25) is 10.0 Å². The minimum absolute atomic E-state index is 0. The molecule has 0 fully saturated rings. The van der Waals surface area contributed by atoms with Gasteiger partial charge in [0.05, 0.1) is 32.6 Å². The van der Waals surface area contributed by atoms with Crippen LogP contribution in [0.2, 0.25) is 10.0 Å². The zero-order valence-corrected chi connectivity index (χ0v) is 15.9.